The highest BCUT2D eigenvalue weighted by Crippen LogP contribution is 2.10. The van der Waals surface area contributed by atoms with Gasteiger partial charge >= 0.3 is 5.97 Å². The highest BCUT2D eigenvalue weighted by atomic mass is 32.2. The van der Waals surface area contributed by atoms with Crippen LogP contribution in [-0.2, 0) is 24.3 Å². The average molecular weight is 342 g/mol. The lowest BCUT2D eigenvalue weighted by Gasteiger charge is -2.14. The number of hydrogen-bond acceptors (Lipinski definition) is 5. The van der Waals surface area contributed by atoms with E-state index in [9.17, 15) is 18.0 Å². The summed E-state index contributed by atoms with van der Waals surface area (Å²) in [5, 5.41) is 2.55. The molecule has 0 saturated carbocycles. The van der Waals surface area contributed by atoms with Gasteiger partial charge in [-0.05, 0) is 32.4 Å². The second-order valence-corrected chi connectivity index (χ2v) is 6.83. The van der Waals surface area contributed by atoms with Crippen molar-refractivity contribution in [3.63, 3.8) is 0 Å². The Morgan fingerprint density at radius 3 is 2.39 bits per heavy atom. The number of amides is 1. The molecule has 1 rings (SSSR count). The van der Waals surface area contributed by atoms with Gasteiger partial charge in [-0.15, -0.1) is 0 Å². The van der Waals surface area contributed by atoms with E-state index < -0.39 is 34.5 Å². The fourth-order valence-electron chi connectivity index (χ4n) is 1.64. The van der Waals surface area contributed by atoms with E-state index in [1.807, 2.05) is 13.8 Å². The molecule has 0 radical (unpaired) electrons. The third-order valence-corrected chi connectivity index (χ3v) is 4.49. The first-order valence-electron chi connectivity index (χ1n) is 7.28. The van der Waals surface area contributed by atoms with Gasteiger partial charge in [0, 0.05) is 6.54 Å². The molecule has 1 aromatic rings. The molecule has 1 aromatic carbocycles. The molecular weight excluding hydrogens is 320 g/mol. The maximum absolute atomic E-state index is 12.1. The number of hydrogen-bond donors (Lipinski definition) is 2. The van der Waals surface area contributed by atoms with Crippen molar-refractivity contribution in [3.8, 4) is 0 Å². The van der Waals surface area contributed by atoms with Crippen LogP contribution < -0.4 is 10.0 Å². The number of carbonyl (C=O) groups excluding carboxylic acids is 2. The molecule has 0 heterocycles. The summed E-state index contributed by atoms with van der Waals surface area (Å²) in [6, 6.07) is 5.13. The SMILES string of the molecule is CCCNC(=O)COC(=O)[C@H](C)NS(=O)(=O)c1ccc(C)cc1. The largest absolute Gasteiger partial charge is 0.454 e. The van der Waals surface area contributed by atoms with Crippen molar-refractivity contribution < 1.29 is 22.7 Å². The van der Waals surface area contributed by atoms with Crippen LogP contribution in [0.4, 0.5) is 0 Å². The maximum atomic E-state index is 12.1. The molecule has 0 unspecified atom stereocenters. The molecule has 1 atom stereocenters. The summed E-state index contributed by atoms with van der Waals surface area (Å²) in [6.07, 6.45) is 0.770. The highest BCUT2D eigenvalue weighted by Gasteiger charge is 2.23. The number of ether oxygens (including phenoxy) is 1. The molecule has 128 valence electrons. The number of carbonyl (C=O) groups is 2. The fraction of sp³-hybridized carbons (Fsp3) is 0.467. The van der Waals surface area contributed by atoms with Crippen molar-refractivity contribution in [1.29, 1.82) is 0 Å². The van der Waals surface area contributed by atoms with Crippen LogP contribution >= 0.6 is 0 Å². The second-order valence-electron chi connectivity index (χ2n) is 5.11. The van der Waals surface area contributed by atoms with Crippen LogP contribution in [0, 0.1) is 6.92 Å². The van der Waals surface area contributed by atoms with Gasteiger partial charge in [0.15, 0.2) is 6.61 Å². The zero-order valence-corrected chi connectivity index (χ0v) is 14.3. The Bertz CT molecular complexity index is 640. The Labute approximate surface area is 136 Å². The fourth-order valence-corrected chi connectivity index (χ4v) is 2.84. The zero-order chi connectivity index (χ0) is 17.5. The first-order valence-corrected chi connectivity index (χ1v) is 8.77. The molecule has 1 amide bonds. The Hall–Kier alpha value is -1.93. The van der Waals surface area contributed by atoms with E-state index in [2.05, 4.69) is 10.0 Å². The van der Waals surface area contributed by atoms with Gasteiger partial charge < -0.3 is 10.1 Å². The van der Waals surface area contributed by atoms with E-state index in [4.69, 9.17) is 4.74 Å². The number of benzene rings is 1. The minimum absolute atomic E-state index is 0.0587. The van der Waals surface area contributed by atoms with Crippen molar-refractivity contribution in [2.24, 2.45) is 0 Å². The second kappa shape index (κ2) is 8.64. The van der Waals surface area contributed by atoms with Gasteiger partial charge in [-0.3, -0.25) is 9.59 Å². The Morgan fingerprint density at radius 1 is 1.22 bits per heavy atom. The number of sulfonamides is 1. The predicted molar refractivity (Wildman–Crippen MR) is 85.2 cm³/mol. The predicted octanol–water partition coefficient (Wildman–Crippen LogP) is 0.731. The van der Waals surface area contributed by atoms with Gasteiger partial charge in [-0.1, -0.05) is 24.6 Å². The van der Waals surface area contributed by atoms with Gasteiger partial charge in [0.2, 0.25) is 10.0 Å². The van der Waals surface area contributed by atoms with Crippen molar-refractivity contribution in [3.05, 3.63) is 29.8 Å². The van der Waals surface area contributed by atoms with Crippen LogP contribution in [0.15, 0.2) is 29.2 Å². The summed E-state index contributed by atoms with van der Waals surface area (Å²) in [7, 11) is -3.83. The number of nitrogens with one attached hydrogen (secondary N) is 2. The van der Waals surface area contributed by atoms with Crippen molar-refractivity contribution in [1.82, 2.24) is 10.0 Å². The Balaban J connectivity index is 2.57. The van der Waals surface area contributed by atoms with E-state index in [0.29, 0.717) is 6.54 Å². The lowest BCUT2D eigenvalue weighted by Crippen LogP contribution is -2.41. The standard InChI is InChI=1S/C15H22N2O5S/c1-4-9-16-14(18)10-22-15(19)12(3)17-23(20,21)13-7-5-11(2)6-8-13/h5-8,12,17H,4,9-10H2,1-3H3,(H,16,18)/t12-/m0/s1. The maximum Gasteiger partial charge on any atom is 0.324 e. The number of esters is 1. The molecule has 0 bridgehead atoms. The minimum atomic E-state index is -3.83. The first kappa shape index (κ1) is 19.1. The molecule has 0 saturated heterocycles. The molecule has 23 heavy (non-hydrogen) atoms. The van der Waals surface area contributed by atoms with E-state index in [1.54, 1.807) is 12.1 Å². The summed E-state index contributed by atoms with van der Waals surface area (Å²) < 4.78 is 31.3. The smallest absolute Gasteiger partial charge is 0.324 e. The molecule has 0 aliphatic rings. The number of aryl methyl sites for hydroxylation is 1. The molecule has 2 N–H and O–H groups in total. The van der Waals surface area contributed by atoms with Crippen LogP contribution in [0.2, 0.25) is 0 Å². The lowest BCUT2D eigenvalue weighted by molar-refractivity contribution is -0.149. The molecule has 0 fully saturated rings. The van der Waals surface area contributed by atoms with E-state index in [-0.39, 0.29) is 4.90 Å². The van der Waals surface area contributed by atoms with Crippen LogP contribution in [0.3, 0.4) is 0 Å². The molecular formula is C15H22N2O5S. The van der Waals surface area contributed by atoms with Crippen molar-refractivity contribution >= 4 is 21.9 Å². The molecule has 7 nitrogen and oxygen atoms in total. The van der Waals surface area contributed by atoms with Gasteiger partial charge in [-0.2, -0.15) is 4.72 Å². The van der Waals surface area contributed by atoms with E-state index in [1.165, 1.54) is 19.1 Å². The Morgan fingerprint density at radius 2 is 1.83 bits per heavy atom. The van der Waals surface area contributed by atoms with Crippen LogP contribution in [0.1, 0.15) is 25.8 Å². The lowest BCUT2D eigenvalue weighted by atomic mass is 10.2. The van der Waals surface area contributed by atoms with Crippen molar-refractivity contribution in [2.75, 3.05) is 13.2 Å². The first-order chi connectivity index (χ1) is 10.8. The quantitative estimate of drug-likeness (QED) is 0.678. The monoisotopic (exact) mass is 342 g/mol. The normalized spacial score (nSPS) is 12.5. The average Bonchev–Trinajstić information content (AvgIpc) is 2.50. The van der Waals surface area contributed by atoms with Gasteiger partial charge in [0.1, 0.15) is 6.04 Å². The van der Waals surface area contributed by atoms with E-state index >= 15 is 0 Å². The van der Waals surface area contributed by atoms with Crippen LogP contribution in [0.25, 0.3) is 0 Å². The summed E-state index contributed by atoms with van der Waals surface area (Å²) in [6.45, 7) is 5.15. The van der Waals surface area contributed by atoms with Gasteiger partial charge in [0.05, 0.1) is 4.90 Å². The summed E-state index contributed by atoms with van der Waals surface area (Å²) in [5.74, 6) is -1.24. The summed E-state index contributed by atoms with van der Waals surface area (Å²) in [4.78, 5) is 23.2. The minimum Gasteiger partial charge on any atom is -0.454 e. The molecule has 0 aliphatic heterocycles. The number of rotatable bonds is 8. The van der Waals surface area contributed by atoms with Crippen molar-refractivity contribution in [2.45, 2.75) is 38.1 Å². The third kappa shape index (κ3) is 6.37. The zero-order valence-electron chi connectivity index (χ0n) is 13.5. The molecule has 8 heteroatoms. The van der Waals surface area contributed by atoms with Crippen LogP contribution in [0.5, 0.6) is 0 Å². The highest BCUT2D eigenvalue weighted by molar-refractivity contribution is 7.89. The summed E-state index contributed by atoms with van der Waals surface area (Å²) in [5.41, 5.74) is 0.925. The summed E-state index contributed by atoms with van der Waals surface area (Å²) >= 11 is 0. The Kier molecular flexibility index (Phi) is 7.18. The third-order valence-electron chi connectivity index (χ3n) is 2.93. The van der Waals surface area contributed by atoms with Crippen LogP contribution in [-0.4, -0.2) is 39.5 Å². The van der Waals surface area contributed by atoms with E-state index in [0.717, 1.165) is 12.0 Å². The molecule has 0 aromatic heterocycles. The molecule has 0 aliphatic carbocycles. The van der Waals surface area contributed by atoms with Gasteiger partial charge in [0.25, 0.3) is 5.91 Å². The van der Waals surface area contributed by atoms with Gasteiger partial charge in [-0.25, -0.2) is 8.42 Å². The molecule has 0 spiro atoms. The topological polar surface area (TPSA) is 102 Å².